The van der Waals surface area contributed by atoms with E-state index in [2.05, 4.69) is 9.97 Å². The number of aliphatic hydroxyl groups excluding tert-OH is 1. The first-order valence-corrected chi connectivity index (χ1v) is 5.04. The second-order valence-electron chi connectivity index (χ2n) is 3.37. The fourth-order valence-corrected chi connectivity index (χ4v) is 1.84. The van der Waals surface area contributed by atoms with Gasteiger partial charge in [-0.05, 0) is 12.8 Å². The summed E-state index contributed by atoms with van der Waals surface area (Å²) in [5, 5.41) is 9.66. The predicted octanol–water partition coefficient (Wildman–Crippen LogP) is 1.09. The summed E-state index contributed by atoms with van der Waals surface area (Å²) in [6.07, 6.45) is 5.24. The summed E-state index contributed by atoms with van der Waals surface area (Å²) in [6, 6.07) is 0.163. The molecule has 0 spiro atoms. The highest BCUT2D eigenvalue weighted by atomic mass is 35.5. The maximum atomic E-state index is 9.13. The molecule has 0 unspecified atom stereocenters. The van der Waals surface area contributed by atoms with Crippen LogP contribution in [0.2, 0.25) is 5.02 Å². The first-order valence-electron chi connectivity index (χ1n) is 4.66. The molecule has 1 N–H and O–H groups in total. The molecule has 1 saturated heterocycles. The third-order valence-electron chi connectivity index (χ3n) is 2.45. The van der Waals surface area contributed by atoms with E-state index in [0.29, 0.717) is 11.0 Å². The number of anilines is 1. The molecule has 2 rings (SSSR count). The minimum Gasteiger partial charge on any atom is -0.394 e. The van der Waals surface area contributed by atoms with Crippen LogP contribution in [-0.2, 0) is 0 Å². The number of hydrogen-bond acceptors (Lipinski definition) is 4. The Morgan fingerprint density at radius 1 is 1.50 bits per heavy atom. The van der Waals surface area contributed by atoms with Gasteiger partial charge in [0.1, 0.15) is 0 Å². The van der Waals surface area contributed by atoms with E-state index < -0.39 is 0 Å². The molecule has 0 aromatic carbocycles. The van der Waals surface area contributed by atoms with Crippen LogP contribution in [-0.4, -0.2) is 34.3 Å². The molecule has 0 aliphatic carbocycles. The Morgan fingerprint density at radius 3 is 2.86 bits per heavy atom. The molecule has 5 heteroatoms. The minimum atomic E-state index is 0.159. The normalized spacial score (nSPS) is 21.6. The Bertz CT molecular complexity index is 303. The molecular formula is C9H12ClN3O. The number of nitrogens with zero attached hydrogens (tertiary/aromatic N) is 3. The monoisotopic (exact) mass is 213 g/mol. The summed E-state index contributed by atoms with van der Waals surface area (Å²) in [6.45, 7) is 1.07. The molecule has 1 aliphatic rings. The van der Waals surface area contributed by atoms with Gasteiger partial charge in [-0.15, -0.1) is 0 Å². The number of aliphatic hydroxyl groups is 1. The lowest BCUT2D eigenvalue weighted by Gasteiger charge is -2.22. The topological polar surface area (TPSA) is 49.2 Å². The van der Waals surface area contributed by atoms with E-state index in [1.165, 1.54) is 0 Å². The van der Waals surface area contributed by atoms with Gasteiger partial charge < -0.3 is 10.0 Å². The molecule has 0 bridgehead atoms. The van der Waals surface area contributed by atoms with Crippen LogP contribution in [0.25, 0.3) is 0 Å². The van der Waals surface area contributed by atoms with Crippen molar-refractivity contribution in [3.05, 3.63) is 17.4 Å². The maximum Gasteiger partial charge on any atom is 0.225 e. The molecule has 4 nitrogen and oxygen atoms in total. The van der Waals surface area contributed by atoms with E-state index in [1.54, 1.807) is 12.4 Å². The van der Waals surface area contributed by atoms with Crippen LogP contribution >= 0.6 is 11.6 Å². The summed E-state index contributed by atoms with van der Waals surface area (Å²) >= 11 is 5.70. The molecular weight excluding hydrogens is 202 g/mol. The van der Waals surface area contributed by atoms with Crippen LogP contribution in [0.5, 0.6) is 0 Å². The molecule has 0 amide bonds. The average molecular weight is 214 g/mol. The Hall–Kier alpha value is -0.870. The Labute approximate surface area is 87.5 Å². The van der Waals surface area contributed by atoms with Crippen molar-refractivity contribution in [3.8, 4) is 0 Å². The van der Waals surface area contributed by atoms with Crippen molar-refractivity contribution in [1.29, 1.82) is 0 Å². The highest BCUT2D eigenvalue weighted by molar-refractivity contribution is 6.30. The van der Waals surface area contributed by atoms with Gasteiger partial charge in [-0.1, -0.05) is 11.6 Å². The van der Waals surface area contributed by atoms with E-state index in [-0.39, 0.29) is 12.6 Å². The number of aromatic nitrogens is 2. The zero-order valence-corrected chi connectivity index (χ0v) is 8.48. The van der Waals surface area contributed by atoms with E-state index in [4.69, 9.17) is 16.7 Å². The molecule has 14 heavy (non-hydrogen) atoms. The smallest absolute Gasteiger partial charge is 0.225 e. The molecule has 76 valence electrons. The lowest BCUT2D eigenvalue weighted by Crippen LogP contribution is -2.33. The average Bonchev–Trinajstić information content (AvgIpc) is 2.67. The van der Waals surface area contributed by atoms with Crippen molar-refractivity contribution in [2.24, 2.45) is 0 Å². The van der Waals surface area contributed by atoms with Gasteiger partial charge in [0.05, 0.1) is 30.1 Å². The van der Waals surface area contributed by atoms with Crippen LogP contribution < -0.4 is 4.90 Å². The van der Waals surface area contributed by atoms with Gasteiger partial charge >= 0.3 is 0 Å². The van der Waals surface area contributed by atoms with E-state index >= 15 is 0 Å². The quantitative estimate of drug-likeness (QED) is 0.799. The van der Waals surface area contributed by atoms with Crippen molar-refractivity contribution in [2.45, 2.75) is 18.9 Å². The standard InChI is InChI=1S/C9H12ClN3O/c10-7-4-11-9(12-5-7)13-3-1-2-8(13)6-14/h4-5,8,14H,1-3,6H2/t8-/m1/s1. The van der Waals surface area contributed by atoms with Crippen molar-refractivity contribution in [1.82, 2.24) is 9.97 Å². The largest absolute Gasteiger partial charge is 0.394 e. The maximum absolute atomic E-state index is 9.13. The first-order chi connectivity index (χ1) is 6.81. The van der Waals surface area contributed by atoms with Crippen molar-refractivity contribution < 1.29 is 5.11 Å². The minimum absolute atomic E-state index is 0.159. The number of hydrogen-bond donors (Lipinski definition) is 1. The summed E-state index contributed by atoms with van der Waals surface area (Å²) in [4.78, 5) is 10.3. The Kier molecular flexibility index (Phi) is 2.84. The first kappa shape index (κ1) is 9.68. The Balaban J connectivity index is 2.17. The molecule has 1 aromatic heterocycles. The molecule has 1 fully saturated rings. The van der Waals surface area contributed by atoms with Crippen molar-refractivity contribution in [2.75, 3.05) is 18.1 Å². The van der Waals surface area contributed by atoms with Gasteiger partial charge in [0.25, 0.3) is 0 Å². The van der Waals surface area contributed by atoms with Crippen molar-refractivity contribution in [3.63, 3.8) is 0 Å². The second kappa shape index (κ2) is 4.11. The third kappa shape index (κ3) is 1.81. The van der Waals surface area contributed by atoms with E-state index in [0.717, 1.165) is 19.4 Å². The summed E-state index contributed by atoms with van der Waals surface area (Å²) in [7, 11) is 0. The van der Waals surface area contributed by atoms with Gasteiger partial charge in [0.15, 0.2) is 0 Å². The van der Waals surface area contributed by atoms with Gasteiger partial charge in [0.2, 0.25) is 5.95 Å². The van der Waals surface area contributed by atoms with Gasteiger partial charge in [-0.2, -0.15) is 0 Å². The Morgan fingerprint density at radius 2 is 2.21 bits per heavy atom. The second-order valence-corrected chi connectivity index (χ2v) is 3.81. The zero-order chi connectivity index (χ0) is 9.97. The number of rotatable bonds is 2. The van der Waals surface area contributed by atoms with Crippen LogP contribution in [0.3, 0.4) is 0 Å². The van der Waals surface area contributed by atoms with Gasteiger partial charge in [-0.3, -0.25) is 0 Å². The fourth-order valence-electron chi connectivity index (χ4n) is 1.74. The van der Waals surface area contributed by atoms with E-state index in [9.17, 15) is 0 Å². The molecule has 0 saturated carbocycles. The summed E-state index contributed by atoms with van der Waals surface area (Å²) < 4.78 is 0. The molecule has 1 aromatic rings. The van der Waals surface area contributed by atoms with Gasteiger partial charge in [-0.25, -0.2) is 9.97 Å². The lowest BCUT2D eigenvalue weighted by atomic mass is 10.2. The SMILES string of the molecule is OC[C@H]1CCCN1c1ncc(Cl)cn1. The lowest BCUT2D eigenvalue weighted by molar-refractivity contribution is 0.265. The summed E-state index contributed by atoms with van der Waals surface area (Å²) in [5.74, 6) is 0.658. The highest BCUT2D eigenvalue weighted by Crippen LogP contribution is 2.21. The van der Waals surface area contributed by atoms with Crippen LogP contribution in [0.4, 0.5) is 5.95 Å². The number of halogens is 1. The van der Waals surface area contributed by atoms with Crippen LogP contribution in [0.1, 0.15) is 12.8 Å². The van der Waals surface area contributed by atoms with Gasteiger partial charge in [0, 0.05) is 6.54 Å². The molecule has 1 aliphatic heterocycles. The predicted molar refractivity (Wildman–Crippen MR) is 54.5 cm³/mol. The zero-order valence-electron chi connectivity index (χ0n) is 7.73. The summed E-state index contributed by atoms with van der Waals surface area (Å²) in [5.41, 5.74) is 0. The fraction of sp³-hybridized carbons (Fsp3) is 0.556. The molecule has 2 heterocycles. The highest BCUT2D eigenvalue weighted by Gasteiger charge is 2.25. The van der Waals surface area contributed by atoms with E-state index in [1.807, 2.05) is 4.90 Å². The molecule has 0 radical (unpaired) electrons. The third-order valence-corrected chi connectivity index (χ3v) is 2.65. The van der Waals surface area contributed by atoms with Crippen molar-refractivity contribution >= 4 is 17.5 Å². The molecule has 1 atom stereocenters. The van der Waals surface area contributed by atoms with Crippen LogP contribution in [0, 0.1) is 0 Å². The van der Waals surface area contributed by atoms with Crippen LogP contribution in [0.15, 0.2) is 12.4 Å².